The summed E-state index contributed by atoms with van der Waals surface area (Å²) < 4.78 is 10.9. The Labute approximate surface area is 96.0 Å². The van der Waals surface area contributed by atoms with Gasteiger partial charge < -0.3 is 14.6 Å². The predicted octanol–water partition coefficient (Wildman–Crippen LogP) is 2.54. The zero-order chi connectivity index (χ0) is 11.5. The van der Waals surface area contributed by atoms with Crippen LogP contribution in [0, 0.1) is 5.92 Å². The topological polar surface area (TPSA) is 38.7 Å². The lowest BCUT2D eigenvalue weighted by Crippen LogP contribution is -2.16. The number of benzene rings is 1. The monoisotopic (exact) mass is 222 g/mol. The van der Waals surface area contributed by atoms with E-state index >= 15 is 0 Å². The van der Waals surface area contributed by atoms with Gasteiger partial charge in [-0.3, -0.25) is 0 Å². The van der Waals surface area contributed by atoms with E-state index in [2.05, 4.69) is 6.92 Å². The first-order valence-electron chi connectivity index (χ1n) is 5.80. The van der Waals surface area contributed by atoms with Crippen molar-refractivity contribution in [1.29, 1.82) is 0 Å². The normalized spacial score (nSPS) is 17.9. The molecule has 0 aromatic heterocycles. The smallest absolute Gasteiger partial charge is 0.161 e. The summed E-state index contributed by atoms with van der Waals surface area (Å²) in [6.45, 7) is 5.30. The summed E-state index contributed by atoms with van der Waals surface area (Å²) in [5.74, 6) is 1.76. The van der Waals surface area contributed by atoms with E-state index in [0.29, 0.717) is 13.2 Å². The summed E-state index contributed by atoms with van der Waals surface area (Å²) in [5.41, 5.74) is 0.901. The maximum atomic E-state index is 10.1. The summed E-state index contributed by atoms with van der Waals surface area (Å²) in [4.78, 5) is 0. The molecule has 16 heavy (non-hydrogen) atoms. The van der Waals surface area contributed by atoms with Crippen LogP contribution in [-0.2, 0) is 0 Å². The van der Waals surface area contributed by atoms with Crippen molar-refractivity contribution >= 4 is 0 Å². The minimum absolute atomic E-state index is 0.252. The minimum Gasteiger partial charge on any atom is -0.486 e. The summed E-state index contributed by atoms with van der Waals surface area (Å²) in [5, 5.41) is 10.1. The van der Waals surface area contributed by atoms with E-state index in [1.807, 2.05) is 25.1 Å². The molecule has 1 heterocycles. The molecule has 2 rings (SSSR count). The Morgan fingerprint density at radius 3 is 2.62 bits per heavy atom. The molecule has 2 atom stereocenters. The zero-order valence-electron chi connectivity index (χ0n) is 9.77. The third-order valence-electron chi connectivity index (χ3n) is 3.09. The van der Waals surface area contributed by atoms with Gasteiger partial charge in [0.05, 0.1) is 6.10 Å². The van der Waals surface area contributed by atoms with Gasteiger partial charge in [0.25, 0.3) is 0 Å². The third kappa shape index (κ3) is 2.14. The Bertz CT molecular complexity index is 362. The average Bonchev–Trinajstić information content (AvgIpc) is 2.36. The van der Waals surface area contributed by atoms with Crippen LogP contribution in [0.2, 0.25) is 0 Å². The second-order valence-electron chi connectivity index (χ2n) is 4.23. The molecule has 0 amide bonds. The van der Waals surface area contributed by atoms with Crippen molar-refractivity contribution < 1.29 is 14.6 Å². The Morgan fingerprint density at radius 2 is 1.94 bits per heavy atom. The van der Waals surface area contributed by atoms with Crippen molar-refractivity contribution in [2.45, 2.75) is 26.4 Å². The maximum absolute atomic E-state index is 10.1. The van der Waals surface area contributed by atoms with Gasteiger partial charge in [-0.2, -0.15) is 0 Å². The molecule has 0 bridgehead atoms. The van der Waals surface area contributed by atoms with Gasteiger partial charge >= 0.3 is 0 Å². The van der Waals surface area contributed by atoms with Gasteiger partial charge in [-0.1, -0.05) is 26.3 Å². The molecule has 0 spiro atoms. The van der Waals surface area contributed by atoms with Crippen molar-refractivity contribution in [3.05, 3.63) is 23.8 Å². The van der Waals surface area contributed by atoms with Gasteiger partial charge in [0, 0.05) is 0 Å². The fourth-order valence-electron chi connectivity index (χ4n) is 1.80. The van der Waals surface area contributed by atoms with E-state index in [1.165, 1.54) is 0 Å². The van der Waals surface area contributed by atoms with E-state index in [-0.39, 0.29) is 5.92 Å². The Kier molecular flexibility index (Phi) is 3.34. The van der Waals surface area contributed by atoms with E-state index in [9.17, 15) is 5.11 Å². The number of ether oxygens (including phenoxy) is 2. The van der Waals surface area contributed by atoms with Crippen LogP contribution in [0.1, 0.15) is 31.9 Å². The largest absolute Gasteiger partial charge is 0.486 e. The molecule has 0 unspecified atom stereocenters. The molecule has 88 valence electrons. The van der Waals surface area contributed by atoms with Crippen molar-refractivity contribution in [2.75, 3.05) is 13.2 Å². The predicted molar refractivity (Wildman–Crippen MR) is 61.8 cm³/mol. The lowest BCUT2D eigenvalue weighted by Gasteiger charge is -2.22. The van der Waals surface area contributed by atoms with Gasteiger partial charge in [-0.25, -0.2) is 0 Å². The van der Waals surface area contributed by atoms with Gasteiger partial charge in [-0.15, -0.1) is 0 Å². The molecular formula is C13H18O3. The van der Waals surface area contributed by atoms with Crippen molar-refractivity contribution in [3.8, 4) is 11.5 Å². The van der Waals surface area contributed by atoms with Gasteiger partial charge in [0.1, 0.15) is 13.2 Å². The highest BCUT2D eigenvalue weighted by atomic mass is 16.6. The molecule has 0 fully saturated rings. The Hall–Kier alpha value is -1.22. The lowest BCUT2D eigenvalue weighted by molar-refractivity contribution is 0.114. The van der Waals surface area contributed by atoms with Crippen LogP contribution in [0.25, 0.3) is 0 Å². The van der Waals surface area contributed by atoms with Gasteiger partial charge in [0.15, 0.2) is 11.5 Å². The molecule has 1 aliphatic rings. The fraction of sp³-hybridized carbons (Fsp3) is 0.538. The highest BCUT2D eigenvalue weighted by molar-refractivity contribution is 5.44. The van der Waals surface area contributed by atoms with Gasteiger partial charge in [-0.05, 0) is 23.6 Å². The third-order valence-corrected chi connectivity index (χ3v) is 3.09. The van der Waals surface area contributed by atoms with Crippen molar-refractivity contribution in [1.82, 2.24) is 0 Å². The molecule has 1 aromatic carbocycles. The van der Waals surface area contributed by atoms with Crippen molar-refractivity contribution in [2.24, 2.45) is 5.92 Å². The van der Waals surface area contributed by atoms with E-state index < -0.39 is 6.10 Å². The second kappa shape index (κ2) is 4.74. The Morgan fingerprint density at radius 1 is 1.25 bits per heavy atom. The number of aliphatic hydroxyl groups excluding tert-OH is 1. The lowest BCUT2D eigenvalue weighted by atomic mass is 9.95. The van der Waals surface area contributed by atoms with E-state index in [0.717, 1.165) is 23.5 Å². The van der Waals surface area contributed by atoms with Crippen molar-refractivity contribution in [3.63, 3.8) is 0 Å². The molecule has 0 saturated heterocycles. The first-order valence-corrected chi connectivity index (χ1v) is 5.80. The van der Waals surface area contributed by atoms with Crippen LogP contribution in [0.4, 0.5) is 0 Å². The van der Waals surface area contributed by atoms with Crippen LogP contribution in [0.5, 0.6) is 11.5 Å². The minimum atomic E-state index is -0.430. The van der Waals surface area contributed by atoms with E-state index in [1.54, 1.807) is 0 Å². The average molecular weight is 222 g/mol. The second-order valence-corrected chi connectivity index (χ2v) is 4.23. The zero-order valence-corrected chi connectivity index (χ0v) is 9.77. The summed E-state index contributed by atoms with van der Waals surface area (Å²) >= 11 is 0. The molecule has 3 nitrogen and oxygen atoms in total. The number of fused-ring (bicyclic) bond motifs is 1. The SMILES string of the molecule is CC[C@@H](C)[C@H](O)c1ccc2c(c1)OCCO2. The Balaban J connectivity index is 2.22. The van der Waals surface area contributed by atoms with Crippen LogP contribution in [0.15, 0.2) is 18.2 Å². The highest BCUT2D eigenvalue weighted by Gasteiger charge is 2.18. The number of rotatable bonds is 3. The molecule has 0 radical (unpaired) electrons. The summed E-state index contributed by atoms with van der Waals surface area (Å²) in [6, 6.07) is 5.66. The maximum Gasteiger partial charge on any atom is 0.161 e. The summed E-state index contributed by atoms with van der Waals surface area (Å²) in [7, 11) is 0. The number of aliphatic hydroxyl groups is 1. The van der Waals surface area contributed by atoms with Crippen LogP contribution < -0.4 is 9.47 Å². The summed E-state index contributed by atoms with van der Waals surface area (Å²) in [6.07, 6.45) is 0.524. The molecule has 0 aliphatic carbocycles. The van der Waals surface area contributed by atoms with E-state index in [4.69, 9.17) is 9.47 Å². The molecule has 1 N–H and O–H groups in total. The standard InChI is InChI=1S/C13H18O3/c1-3-9(2)13(14)10-4-5-11-12(8-10)16-7-6-15-11/h4-5,8-9,13-14H,3,6-7H2,1-2H3/t9-,13+/m1/s1. The molecule has 1 aliphatic heterocycles. The fourth-order valence-corrected chi connectivity index (χ4v) is 1.80. The quantitative estimate of drug-likeness (QED) is 0.854. The number of hydrogen-bond acceptors (Lipinski definition) is 3. The molecular weight excluding hydrogens is 204 g/mol. The van der Waals surface area contributed by atoms with Crippen LogP contribution in [-0.4, -0.2) is 18.3 Å². The van der Waals surface area contributed by atoms with Gasteiger partial charge in [0.2, 0.25) is 0 Å². The first kappa shape index (κ1) is 11.3. The molecule has 3 heteroatoms. The molecule has 1 aromatic rings. The van der Waals surface area contributed by atoms with Crippen LogP contribution in [0.3, 0.4) is 0 Å². The molecule has 0 saturated carbocycles. The first-order chi connectivity index (χ1) is 7.72. The van der Waals surface area contributed by atoms with Crippen LogP contribution >= 0.6 is 0 Å². The highest BCUT2D eigenvalue weighted by Crippen LogP contribution is 2.34. The number of hydrogen-bond donors (Lipinski definition) is 1.